The zero-order valence-corrected chi connectivity index (χ0v) is 10.1. The van der Waals surface area contributed by atoms with Crippen LogP contribution in [-0.4, -0.2) is 10.5 Å². The number of imidazole rings is 1. The first kappa shape index (κ1) is 12.7. The van der Waals surface area contributed by atoms with Crippen LogP contribution in [0, 0.1) is 0 Å². The van der Waals surface area contributed by atoms with E-state index in [-0.39, 0.29) is 6.54 Å². The highest BCUT2D eigenvalue weighted by Crippen LogP contribution is 2.02. The molecular weight excluding hydrogens is 204 g/mol. The van der Waals surface area contributed by atoms with Gasteiger partial charge in [0.2, 0.25) is 0 Å². The number of hydrogen-bond donors (Lipinski definition) is 0. The highest BCUT2D eigenvalue weighted by atomic mass is 16.4. The molecule has 0 aliphatic rings. The molecule has 0 aliphatic carbocycles. The maximum atomic E-state index is 10.6. The fourth-order valence-electron chi connectivity index (χ4n) is 1.82. The number of aryl methyl sites for hydroxylation is 1. The molecule has 4 nitrogen and oxygen atoms in total. The number of carboxylic acids is 1. The number of carbonyl (C=O) groups excluding carboxylic acids is 1. The summed E-state index contributed by atoms with van der Waals surface area (Å²) < 4.78 is 3.92. The molecule has 0 N–H and O–H groups in total. The van der Waals surface area contributed by atoms with Gasteiger partial charge in [-0.05, 0) is 12.8 Å². The lowest BCUT2D eigenvalue weighted by Crippen LogP contribution is -2.45. The van der Waals surface area contributed by atoms with E-state index in [2.05, 4.69) is 18.4 Å². The van der Waals surface area contributed by atoms with Gasteiger partial charge in [-0.15, -0.1) is 0 Å². The first-order valence-corrected chi connectivity index (χ1v) is 5.96. The summed E-state index contributed by atoms with van der Waals surface area (Å²) in [7, 11) is 0. The highest BCUT2D eigenvalue weighted by molar-refractivity contribution is 5.62. The molecular formula is C12H20N2O2. The monoisotopic (exact) mass is 224 g/mol. The van der Waals surface area contributed by atoms with Crippen LogP contribution in [0.4, 0.5) is 0 Å². The molecule has 90 valence electrons. The van der Waals surface area contributed by atoms with Crippen LogP contribution >= 0.6 is 0 Å². The number of rotatable bonds is 7. The van der Waals surface area contributed by atoms with Crippen molar-refractivity contribution in [2.75, 3.05) is 0 Å². The lowest BCUT2D eigenvalue weighted by Gasteiger charge is -2.04. The quantitative estimate of drug-likeness (QED) is 0.625. The number of hydrogen-bond acceptors (Lipinski definition) is 2. The molecule has 0 amide bonds. The zero-order valence-electron chi connectivity index (χ0n) is 10.1. The molecule has 0 unspecified atom stereocenters. The summed E-state index contributed by atoms with van der Waals surface area (Å²) in [6.45, 7) is 5.17. The van der Waals surface area contributed by atoms with Crippen molar-refractivity contribution in [3.63, 3.8) is 0 Å². The number of aliphatic carboxylic acids is 1. The summed E-state index contributed by atoms with van der Waals surface area (Å²) in [4.78, 5) is 10.6. The van der Waals surface area contributed by atoms with E-state index in [1.54, 1.807) is 4.57 Å². The smallest absolute Gasteiger partial charge is 0.256 e. The van der Waals surface area contributed by atoms with Gasteiger partial charge >= 0.3 is 0 Å². The third-order valence-electron chi connectivity index (χ3n) is 2.62. The maximum absolute atomic E-state index is 10.6. The van der Waals surface area contributed by atoms with E-state index in [1.807, 2.05) is 12.4 Å². The molecule has 1 rings (SSSR count). The third-order valence-corrected chi connectivity index (χ3v) is 2.62. The van der Waals surface area contributed by atoms with Crippen molar-refractivity contribution < 1.29 is 14.5 Å². The molecule has 0 aromatic carbocycles. The van der Waals surface area contributed by atoms with Crippen LogP contribution < -0.4 is 9.67 Å². The van der Waals surface area contributed by atoms with E-state index in [0.717, 1.165) is 38.1 Å². The van der Waals surface area contributed by atoms with Gasteiger partial charge in [0.15, 0.2) is 0 Å². The summed E-state index contributed by atoms with van der Waals surface area (Å²) in [6, 6.07) is 0. The third kappa shape index (κ3) is 3.36. The molecule has 0 atom stereocenters. The molecule has 0 saturated carbocycles. The first-order chi connectivity index (χ1) is 7.69. The Morgan fingerprint density at radius 3 is 2.75 bits per heavy atom. The van der Waals surface area contributed by atoms with Gasteiger partial charge < -0.3 is 9.90 Å². The Balaban J connectivity index is 2.82. The number of carbonyl (C=O) groups is 1. The van der Waals surface area contributed by atoms with Crippen LogP contribution in [0.15, 0.2) is 12.4 Å². The predicted octanol–water partition coefficient (Wildman–Crippen LogP) is 0.278. The van der Waals surface area contributed by atoms with Crippen LogP contribution in [0.2, 0.25) is 0 Å². The average Bonchev–Trinajstić information content (AvgIpc) is 2.59. The fraction of sp³-hybridized carbons (Fsp3) is 0.667. The van der Waals surface area contributed by atoms with Crippen molar-refractivity contribution in [3.05, 3.63) is 18.2 Å². The van der Waals surface area contributed by atoms with Gasteiger partial charge in [-0.2, -0.15) is 0 Å². The van der Waals surface area contributed by atoms with E-state index in [1.165, 1.54) is 0 Å². The van der Waals surface area contributed by atoms with Gasteiger partial charge in [0.1, 0.15) is 18.9 Å². The molecule has 0 aliphatic heterocycles. The van der Waals surface area contributed by atoms with Crippen molar-refractivity contribution >= 4 is 5.97 Å². The van der Waals surface area contributed by atoms with Crippen LogP contribution in [-0.2, 0) is 24.3 Å². The number of aromatic nitrogens is 2. The Hall–Kier alpha value is -1.32. The summed E-state index contributed by atoms with van der Waals surface area (Å²) in [5, 5.41) is 10.6. The Morgan fingerprint density at radius 1 is 1.44 bits per heavy atom. The topological polar surface area (TPSA) is 48.9 Å². The molecule has 1 heterocycles. The number of carboxylic acid groups (broad SMARTS) is 1. The van der Waals surface area contributed by atoms with Crippen LogP contribution in [0.25, 0.3) is 0 Å². The zero-order chi connectivity index (χ0) is 12.0. The lowest BCUT2D eigenvalue weighted by molar-refractivity contribution is -0.697. The second kappa shape index (κ2) is 6.30. The predicted molar refractivity (Wildman–Crippen MR) is 58.5 cm³/mol. The standard InChI is InChI=1S/C12H20N2O2/c1-3-5-7-13-8-9-14(10-12(15)16)11(13)6-4-2/h8-9H,3-7,10H2,1-2H3. The second-order valence-electron chi connectivity index (χ2n) is 4.01. The van der Waals surface area contributed by atoms with E-state index in [9.17, 15) is 9.90 Å². The summed E-state index contributed by atoms with van der Waals surface area (Å²) >= 11 is 0. The van der Waals surface area contributed by atoms with Gasteiger partial charge in [0.05, 0.1) is 12.5 Å². The van der Waals surface area contributed by atoms with Crippen molar-refractivity contribution in [2.45, 2.75) is 52.6 Å². The summed E-state index contributed by atoms with van der Waals surface area (Å²) in [6.07, 6.45) is 7.98. The summed E-state index contributed by atoms with van der Waals surface area (Å²) in [5.74, 6) is 0.0516. The Kier molecular flexibility index (Phi) is 5.02. The maximum Gasteiger partial charge on any atom is 0.256 e. The van der Waals surface area contributed by atoms with Crippen molar-refractivity contribution in [2.24, 2.45) is 0 Å². The molecule has 0 saturated heterocycles. The molecule has 16 heavy (non-hydrogen) atoms. The minimum Gasteiger partial charge on any atom is -0.546 e. The van der Waals surface area contributed by atoms with Crippen molar-refractivity contribution in [1.82, 2.24) is 4.57 Å². The molecule has 0 radical (unpaired) electrons. The molecule has 0 spiro atoms. The van der Waals surface area contributed by atoms with E-state index in [4.69, 9.17) is 0 Å². The Bertz CT molecular complexity index is 345. The molecule has 0 bridgehead atoms. The number of nitrogens with zero attached hydrogens (tertiary/aromatic N) is 2. The molecule has 4 heteroatoms. The van der Waals surface area contributed by atoms with Crippen molar-refractivity contribution in [3.8, 4) is 0 Å². The minimum absolute atomic E-state index is 0.0472. The van der Waals surface area contributed by atoms with Crippen LogP contribution in [0.5, 0.6) is 0 Å². The SMILES string of the molecule is CCCCn1cc[n+](CC(=O)[O-])c1CCC. The second-order valence-corrected chi connectivity index (χ2v) is 4.01. The largest absolute Gasteiger partial charge is 0.546 e. The normalized spacial score (nSPS) is 10.6. The minimum atomic E-state index is -1.03. The number of unbranched alkanes of at least 4 members (excludes halogenated alkanes) is 1. The van der Waals surface area contributed by atoms with Gasteiger partial charge in [-0.25, -0.2) is 9.13 Å². The van der Waals surface area contributed by atoms with Crippen molar-refractivity contribution in [1.29, 1.82) is 0 Å². The van der Waals surface area contributed by atoms with E-state index in [0.29, 0.717) is 0 Å². The van der Waals surface area contributed by atoms with Gasteiger partial charge in [-0.3, -0.25) is 0 Å². The molecule has 0 fully saturated rings. The Morgan fingerprint density at radius 2 is 2.19 bits per heavy atom. The molecule has 1 aromatic heterocycles. The fourth-order valence-corrected chi connectivity index (χ4v) is 1.82. The Labute approximate surface area is 96.5 Å². The van der Waals surface area contributed by atoms with Gasteiger partial charge in [-0.1, -0.05) is 20.3 Å². The molecule has 1 aromatic rings. The highest BCUT2D eigenvalue weighted by Gasteiger charge is 2.15. The van der Waals surface area contributed by atoms with E-state index >= 15 is 0 Å². The average molecular weight is 224 g/mol. The lowest BCUT2D eigenvalue weighted by atomic mass is 10.3. The summed E-state index contributed by atoms with van der Waals surface area (Å²) in [5.41, 5.74) is 0. The van der Waals surface area contributed by atoms with Gasteiger partial charge in [0, 0.05) is 6.42 Å². The van der Waals surface area contributed by atoms with Crippen LogP contribution in [0.3, 0.4) is 0 Å². The van der Waals surface area contributed by atoms with Crippen LogP contribution in [0.1, 0.15) is 38.9 Å². The first-order valence-electron chi connectivity index (χ1n) is 5.96. The van der Waals surface area contributed by atoms with Gasteiger partial charge in [0.25, 0.3) is 5.82 Å². The van der Waals surface area contributed by atoms with E-state index < -0.39 is 5.97 Å².